The van der Waals surface area contributed by atoms with Crippen LogP contribution in [-0.2, 0) is 12.7 Å². The molecule has 2 nitrogen and oxygen atoms in total. The van der Waals surface area contributed by atoms with E-state index in [0.29, 0.717) is 22.8 Å². The fraction of sp³-hybridized carbons (Fsp3) is 0.677. The molecular weight excluding hydrogens is 516 g/mol. The summed E-state index contributed by atoms with van der Waals surface area (Å²) in [6.45, 7) is 5.45. The summed E-state index contributed by atoms with van der Waals surface area (Å²) >= 11 is 0. The number of alkyl halides is 6. The van der Waals surface area contributed by atoms with Crippen LogP contribution < -0.4 is 10.1 Å². The van der Waals surface area contributed by atoms with E-state index >= 15 is 0 Å². The van der Waals surface area contributed by atoms with Crippen LogP contribution in [0.2, 0.25) is 0 Å². The van der Waals surface area contributed by atoms with E-state index in [1.165, 1.54) is 37.8 Å². The maximum atomic E-state index is 14.3. The quantitative estimate of drug-likeness (QED) is 0.373. The Labute approximate surface area is 225 Å². The Morgan fingerprint density at radius 1 is 0.846 bits per heavy atom. The fourth-order valence-electron chi connectivity index (χ4n) is 9.48. The van der Waals surface area contributed by atoms with E-state index in [9.17, 15) is 26.3 Å². The van der Waals surface area contributed by atoms with Gasteiger partial charge in [-0.15, -0.1) is 0 Å². The van der Waals surface area contributed by atoms with Crippen molar-refractivity contribution in [3.63, 3.8) is 0 Å². The summed E-state index contributed by atoms with van der Waals surface area (Å²) in [6.07, 6.45) is -2.28. The second-order valence-corrected chi connectivity index (χ2v) is 13.9. The summed E-state index contributed by atoms with van der Waals surface area (Å²) in [5, 5.41) is 4.40. The number of benzene rings is 2. The molecule has 0 amide bonds. The molecule has 2 atom stereocenters. The van der Waals surface area contributed by atoms with E-state index in [1.54, 1.807) is 12.1 Å². The molecule has 4 bridgehead atoms. The van der Waals surface area contributed by atoms with Crippen LogP contribution in [0.3, 0.4) is 0 Å². The van der Waals surface area contributed by atoms with Crippen molar-refractivity contribution in [1.29, 1.82) is 0 Å². The van der Waals surface area contributed by atoms with E-state index in [0.717, 1.165) is 24.3 Å². The Hall–Kier alpha value is -1.96. The zero-order valence-electron chi connectivity index (χ0n) is 22.6. The molecule has 5 aliphatic rings. The third-order valence-electron chi connectivity index (χ3n) is 10.1. The molecule has 5 aliphatic carbocycles. The number of halogens is 6. The van der Waals surface area contributed by atoms with Crippen molar-refractivity contribution in [2.75, 3.05) is 0 Å². The number of ether oxygens (including phenoxy) is 1. The van der Waals surface area contributed by atoms with E-state index in [4.69, 9.17) is 4.74 Å². The van der Waals surface area contributed by atoms with Crippen molar-refractivity contribution >= 4 is 10.8 Å². The second-order valence-electron chi connectivity index (χ2n) is 13.9. The van der Waals surface area contributed by atoms with Crippen molar-refractivity contribution in [1.82, 2.24) is 5.32 Å². The molecule has 8 heteroatoms. The second kappa shape index (κ2) is 9.02. The van der Waals surface area contributed by atoms with Crippen molar-refractivity contribution in [3.8, 4) is 5.75 Å². The molecule has 0 aromatic heterocycles. The summed E-state index contributed by atoms with van der Waals surface area (Å²) < 4.78 is 87.5. The number of rotatable bonds is 5. The lowest BCUT2D eigenvalue weighted by molar-refractivity contribution is -0.185. The van der Waals surface area contributed by atoms with E-state index < -0.39 is 29.9 Å². The van der Waals surface area contributed by atoms with Crippen molar-refractivity contribution in [3.05, 3.63) is 41.5 Å². The summed E-state index contributed by atoms with van der Waals surface area (Å²) in [5.41, 5.74) is 0.932. The van der Waals surface area contributed by atoms with Crippen LogP contribution in [-0.4, -0.2) is 17.8 Å². The first-order valence-electron chi connectivity index (χ1n) is 14.3. The highest BCUT2D eigenvalue weighted by molar-refractivity contribution is 5.89. The Morgan fingerprint density at radius 2 is 1.51 bits per heavy atom. The molecule has 0 spiro atoms. The van der Waals surface area contributed by atoms with E-state index in [-0.39, 0.29) is 42.4 Å². The minimum atomic E-state index is -4.65. The highest BCUT2D eigenvalue weighted by atomic mass is 19.4. The molecule has 39 heavy (non-hydrogen) atoms. The van der Waals surface area contributed by atoms with Crippen LogP contribution in [0.1, 0.15) is 89.2 Å². The summed E-state index contributed by atoms with van der Waals surface area (Å²) in [4.78, 5) is 0. The van der Waals surface area contributed by atoms with Gasteiger partial charge in [0.15, 0.2) is 0 Å². The Kier molecular flexibility index (Phi) is 6.30. The number of hydrogen-bond acceptors (Lipinski definition) is 2. The average molecular weight is 554 g/mol. The normalized spacial score (nSPS) is 36.5. The third-order valence-corrected chi connectivity index (χ3v) is 10.1. The van der Waals surface area contributed by atoms with Crippen molar-refractivity contribution in [2.24, 2.45) is 22.7 Å². The first-order chi connectivity index (χ1) is 18.1. The average Bonchev–Trinajstić information content (AvgIpc) is 2.79. The minimum absolute atomic E-state index is 0.0579. The fourth-order valence-corrected chi connectivity index (χ4v) is 9.48. The predicted octanol–water partition coefficient (Wildman–Crippen LogP) is 9.20. The van der Waals surface area contributed by atoms with Gasteiger partial charge in [0, 0.05) is 12.1 Å². The summed E-state index contributed by atoms with van der Waals surface area (Å²) in [5.74, 6) is -0.963. The smallest absolute Gasteiger partial charge is 0.420 e. The van der Waals surface area contributed by atoms with Crippen molar-refractivity contribution < 1.29 is 31.1 Å². The molecule has 1 N–H and O–H groups in total. The van der Waals surface area contributed by atoms with Gasteiger partial charge >= 0.3 is 12.4 Å². The standard InChI is InChI=1S/C31H37F6NO/c1-27-12-20-13-28(2,16-27)18-29(14-20,17-27)38-15-19-3-9-24-21(11-19)4-10-25(26(24)31(35,36)37)39-23-7-5-22(6-8-23)30(32,33)34/h3-4,9-11,20,22-23,38H,5-8,12-18H2,1-2H3. The van der Waals surface area contributed by atoms with Crippen LogP contribution in [0.4, 0.5) is 26.3 Å². The Balaban J connectivity index is 1.20. The monoisotopic (exact) mass is 553 g/mol. The van der Waals surface area contributed by atoms with Gasteiger partial charge in [-0.05, 0) is 109 Å². The minimum Gasteiger partial charge on any atom is -0.490 e. The highest BCUT2D eigenvalue weighted by Gasteiger charge is 2.59. The van der Waals surface area contributed by atoms with Gasteiger partial charge in [0.2, 0.25) is 0 Å². The summed E-state index contributed by atoms with van der Waals surface area (Å²) in [7, 11) is 0. The van der Waals surface area contributed by atoms with Crippen LogP contribution in [0.25, 0.3) is 10.8 Å². The van der Waals surface area contributed by atoms with Gasteiger partial charge in [0.25, 0.3) is 0 Å². The maximum Gasteiger partial charge on any atom is 0.420 e. The van der Waals surface area contributed by atoms with Crippen LogP contribution in [0.15, 0.2) is 30.3 Å². The first kappa shape index (κ1) is 27.2. The van der Waals surface area contributed by atoms with E-state index in [1.807, 2.05) is 6.07 Å². The largest absolute Gasteiger partial charge is 0.490 e. The lowest BCUT2D eigenvalue weighted by Gasteiger charge is -2.65. The SMILES string of the molecule is CC12CC3CC(C)(C1)CC(NCc1ccc4c(C(F)(F)F)c(OC5CCC(C(F)(F)F)CC5)ccc4c1)(C3)C2. The molecule has 5 fully saturated rings. The van der Waals surface area contributed by atoms with Gasteiger partial charge in [0.1, 0.15) is 11.3 Å². The van der Waals surface area contributed by atoms with Crippen molar-refractivity contribution in [2.45, 2.75) is 109 Å². The van der Waals surface area contributed by atoms with Gasteiger partial charge in [-0.25, -0.2) is 0 Å². The van der Waals surface area contributed by atoms with Gasteiger partial charge in [0.05, 0.1) is 12.0 Å². The zero-order chi connectivity index (χ0) is 27.8. The zero-order valence-corrected chi connectivity index (χ0v) is 22.6. The lowest BCUT2D eigenvalue weighted by Crippen LogP contribution is -2.63. The third kappa shape index (κ3) is 5.27. The topological polar surface area (TPSA) is 21.3 Å². The molecule has 0 radical (unpaired) electrons. The van der Waals surface area contributed by atoms with Crippen LogP contribution in [0.5, 0.6) is 5.75 Å². The molecule has 2 aromatic carbocycles. The number of nitrogens with one attached hydrogen (secondary N) is 1. The van der Waals surface area contributed by atoms with Gasteiger partial charge in [-0.3, -0.25) is 0 Å². The number of fused-ring (bicyclic) bond motifs is 1. The molecule has 2 aromatic rings. The lowest BCUT2D eigenvalue weighted by atomic mass is 9.43. The Bertz CT molecular complexity index is 1230. The molecule has 2 unspecified atom stereocenters. The molecule has 5 saturated carbocycles. The molecule has 0 heterocycles. The van der Waals surface area contributed by atoms with Crippen LogP contribution in [0, 0.1) is 22.7 Å². The van der Waals surface area contributed by atoms with E-state index in [2.05, 4.69) is 19.2 Å². The molecule has 7 rings (SSSR count). The molecule has 0 saturated heterocycles. The Morgan fingerprint density at radius 3 is 2.10 bits per heavy atom. The maximum absolute atomic E-state index is 14.3. The van der Waals surface area contributed by atoms with Gasteiger partial charge < -0.3 is 10.1 Å². The van der Waals surface area contributed by atoms with Crippen LogP contribution >= 0.6 is 0 Å². The number of hydrogen-bond donors (Lipinski definition) is 1. The summed E-state index contributed by atoms with van der Waals surface area (Å²) in [6, 6.07) is 8.06. The van der Waals surface area contributed by atoms with Gasteiger partial charge in [-0.2, -0.15) is 26.3 Å². The molecule has 0 aliphatic heterocycles. The molecule has 214 valence electrons. The van der Waals surface area contributed by atoms with Gasteiger partial charge in [-0.1, -0.05) is 32.0 Å². The molecular formula is C31H37F6NO. The predicted molar refractivity (Wildman–Crippen MR) is 138 cm³/mol. The highest BCUT2D eigenvalue weighted by Crippen LogP contribution is 2.66. The first-order valence-corrected chi connectivity index (χ1v) is 14.3.